The molecule has 0 aromatic heterocycles. The van der Waals surface area contributed by atoms with Gasteiger partial charge in [-0.3, -0.25) is 9.59 Å². The second-order valence-corrected chi connectivity index (χ2v) is 8.13. The van der Waals surface area contributed by atoms with E-state index in [1.54, 1.807) is 18.2 Å². The summed E-state index contributed by atoms with van der Waals surface area (Å²) < 4.78 is 0. The first kappa shape index (κ1) is 22.8. The van der Waals surface area contributed by atoms with Crippen molar-refractivity contribution < 1.29 is 19.5 Å². The smallest absolute Gasteiger partial charge is 0.328 e. The van der Waals surface area contributed by atoms with Crippen molar-refractivity contribution in [2.45, 2.75) is 17.1 Å². The average molecular weight is 447 g/mol. The van der Waals surface area contributed by atoms with Crippen LogP contribution in [0.15, 0.2) is 95.9 Å². The highest BCUT2D eigenvalue weighted by Gasteiger charge is 2.22. The number of hydrogen-bond donors (Lipinski definition) is 3. The minimum Gasteiger partial charge on any atom is -0.478 e. The van der Waals surface area contributed by atoms with Gasteiger partial charge in [-0.05, 0) is 48.4 Å². The third-order valence-corrected chi connectivity index (χ3v) is 5.61. The van der Waals surface area contributed by atoms with Gasteiger partial charge in [0, 0.05) is 28.4 Å². The van der Waals surface area contributed by atoms with E-state index in [1.807, 2.05) is 67.6 Å². The summed E-state index contributed by atoms with van der Waals surface area (Å²) in [5, 5.41) is 13.7. The molecule has 32 heavy (non-hydrogen) atoms. The van der Waals surface area contributed by atoms with Crippen molar-refractivity contribution in [2.75, 3.05) is 10.6 Å². The van der Waals surface area contributed by atoms with E-state index >= 15 is 0 Å². The molecule has 3 aromatic carbocycles. The molecule has 162 valence electrons. The molecule has 2 amide bonds. The lowest BCUT2D eigenvalue weighted by Crippen LogP contribution is -2.19. The van der Waals surface area contributed by atoms with E-state index in [1.165, 1.54) is 11.8 Å². The van der Waals surface area contributed by atoms with Crippen molar-refractivity contribution in [3.63, 3.8) is 0 Å². The summed E-state index contributed by atoms with van der Waals surface area (Å²) in [4.78, 5) is 36.4. The van der Waals surface area contributed by atoms with E-state index in [0.29, 0.717) is 5.69 Å². The van der Waals surface area contributed by atoms with E-state index in [-0.39, 0.29) is 5.91 Å². The van der Waals surface area contributed by atoms with Crippen LogP contribution in [0.4, 0.5) is 11.4 Å². The Balaban J connectivity index is 1.80. The molecule has 3 rings (SSSR count). The third kappa shape index (κ3) is 6.85. The van der Waals surface area contributed by atoms with Crippen molar-refractivity contribution in [3.05, 3.63) is 102 Å². The predicted molar refractivity (Wildman–Crippen MR) is 127 cm³/mol. The van der Waals surface area contributed by atoms with Crippen LogP contribution in [0, 0.1) is 6.92 Å². The van der Waals surface area contributed by atoms with Gasteiger partial charge < -0.3 is 15.7 Å². The number of carboxylic acids is 1. The van der Waals surface area contributed by atoms with Crippen LogP contribution in [0.25, 0.3) is 0 Å². The molecule has 3 aromatic rings. The van der Waals surface area contributed by atoms with Gasteiger partial charge in [-0.1, -0.05) is 48.5 Å². The Morgan fingerprint density at radius 3 is 2.22 bits per heavy atom. The molecule has 0 saturated carbocycles. The number of thioether (sulfide) groups is 1. The number of rotatable bonds is 8. The Bertz CT molecular complexity index is 1150. The van der Waals surface area contributed by atoms with Gasteiger partial charge in [-0.2, -0.15) is 0 Å². The van der Waals surface area contributed by atoms with E-state index < -0.39 is 17.1 Å². The monoisotopic (exact) mass is 446 g/mol. The maximum Gasteiger partial charge on any atom is 0.328 e. The summed E-state index contributed by atoms with van der Waals surface area (Å²) >= 11 is 1.36. The Hall–Kier alpha value is -3.84. The summed E-state index contributed by atoms with van der Waals surface area (Å²) in [5.41, 5.74) is 3.12. The van der Waals surface area contributed by atoms with Crippen LogP contribution in [-0.2, 0) is 14.4 Å². The van der Waals surface area contributed by atoms with Gasteiger partial charge in [-0.25, -0.2) is 4.79 Å². The molecule has 0 heterocycles. The van der Waals surface area contributed by atoms with Crippen LogP contribution in [0.2, 0.25) is 0 Å². The number of aliphatic carboxylic acids is 1. The van der Waals surface area contributed by atoms with Crippen molar-refractivity contribution in [2.24, 2.45) is 0 Å². The topological polar surface area (TPSA) is 95.5 Å². The van der Waals surface area contributed by atoms with Crippen molar-refractivity contribution in [1.82, 2.24) is 0 Å². The summed E-state index contributed by atoms with van der Waals surface area (Å²) in [6, 6.07) is 24.1. The maximum atomic E-state index is 13.2. The number of benzene rings is 3. The summed E-state index contributed by atoms with van der Waals surface area (Å²) in [6.07, 6.45) is 1.72. The molecule has 0 spiro atoms. The zero-order valence-electron chi connectivity index (χ0n) is 17.3. The standard InChI is InChI=1S/C25H22N2O4S/c1-17-7-5-10-19(15-17)27-25(31)24(18-8-3-2-4-9-18)32-21-12-6-11-20(16-21)26-22(28)13-14-23(29)30/h2-16,24H,1H3,(H,26,28)(H,27,31)(H,29,30)/b14-13+. The number of carboxylic acid groups (broad SMARTS) is 1. The largest absolute Gasteiger partial charge is 0.478 e. The molecule has 3 N–H and O–H groups in total. The summed E-state index contributed by atoms with van der Waals surface area (Å²) in [5.74, 6) is -1.91. The number of anilines is 2. The van der Waals surface area contributed by atoms with Crippen molar-refractivity contribution >= 4 is 40.9 Å². The van der Waals surface area contributed by atoms with E-state index in [9.17, 15) is 14.4 Å². The van der Waals surface area contributed by atoms with Gasteiger partial charge in [0.25, 0.3) is 0 Å². The first-order valence-electron chi connectivity index (χ1n) is 9.82. The zero-order valence-corrected chi connectivity index (χ0v) is 18.1. The number of hydrogen-bond acceptors (Lipinski definition) is 4. The second kappa shape index (κ2) is 11.0. The SMILES string of the molecule is Cc1cccc(NC(=O)C(Sc2cccc(NC(=O)/C=C/C(=O)O)c2)c2ccccc2)c1. The molecule has 0 aliphatic rings. The Morgan fingerprint density at radius 1 is 0.844 bits per heavy atom. The fraction of sp³-hybridized carbons (Fsp3) is 0.0800. The van der Waals surface area contributed by atoms with E-state index in [2.05, 4.69) is 10.6 Å². The van der Waals surface area contributed by atoms with Crippen LogP contribution >= 0.6 is 11.8 Å². The highest BCUT2D eigenvalue weighted by atomic mass is 32.2. The van der Waals surface area contributed by atoms with Crippen LogP contribution in [0.1, 0.15) is 16.4 Å². The van der Waals surface area contributed by atoms with Gasteiger partial charge in [0.2, 0.25) is 11.8 Å². The summed E-state index contributed by atoms with van der Waals surface area (Å²) in [7, 11) is 0. The number of carbonyl (C=O) groups is 3. The van der Waals surface area contributed by atoms with Crippen molar-refractivity contribution in [3.8, 4) is 0 Å². The molecular formula is C25H22N2O4S. The van der Waals surface area contributed by atoms with Gasteiger partial charge in [0.1, 0.15) is 5.25 Å². The lowest BCUT2D eigenvalue weighted by molar-refractivity contribution is -0.131. The Kier molecular flexibility index (Phi) is 7.83. The van der Waals surface area contributed by atoms with E-state index in [0.717, 1.165) is 33.9 Å². The van der Waals surface area contributed by atoms with E-state index in [4.69, 9.17) is 5.11 Å². The van der Waals surface area contributed by atoms with Gasteiger partial charge in [0.05, 0.1) is 0 Å². The van der Waals surface area contributed by atoms with Gasteiger partial charge in [0.15, 0.2) is 0 Å². The number of carbonyl (C=O) groups excluding carboxylic acids is 2. The van der Waals surface area contributed by atoms with Gasteiger partial charge in [-0.15, -0.1) is 11.8 Å². The lowest BCUT2D eigenvalue weighted by atomic mass is 10.1. The third-order valence-electron chi connectivity index (χ3n) is 4.36. The number of amides is 2. The fourth-order valence-electron chi connectivity index (χ4n) is 2.95. The first-order valence-corrected chi connectivity index (χ1v) is 10.7. The number of nitrogens with one attached hydrogen (secondary N) is 2. The molecule has 0 aliphatic heterocycles. The molecule has 0 fully saturated rings. The quantitative estimate of drug-likeness (QED) is 0.333. The highest BCUT2D eigenvalue weighted by molar-refractivity contribution is 8.00. The first-order chi connectivity index (χ1) is 15.4. The zero-order chi connectivity index (χ0) is 22.9. The lowest BCUT2D eigenvalue weighted by Gasteiger charge is -2.18. The molecule has 0 aliphatic carbocycles. The molecule has 0 bridgehead atoms. The normalized spacial score (nSPS) is 11.7. The Labute approximate surface area is 190 Å². The predicted octanol–water partition coefficient (Wildman–Crippen LogP) is 5.05. The van der Waals surface area contributed by atoms with Crippen LogP contribution < -0.4 is 10.6 Å². The Morgan fingerprint density at radius 2 is 1.53 bits per heavy atom. The van der Waals surface area contributed by atoms with Crippen LogP contribution in [-0.4, -0.2) is 22.9 Å². The minimum atomic E-state index is -1.20. The molecule has 0 saturated heterocycles. The second-order valence-electron chi connectivity index (χ2n) is 6.96. The highest BCUT2D eigenvalue weighted by Crippen LogP contribution is 2.37. The molecule has 6 nitrogen and oxygen atoms in total. The molecule has 1 atom stereocenters. The number of aryl methyl sites for hydroxylation is 1. The molecule has 0 radical (unpaired) electrons. The van der Waals surface area contributed by atoms with Crippen LogP contribution in [0.3, 0.4) is 0 Å². The van der Waals surface area contributed by atoms with Gasteiger partial charge >= 0.3 is 5.97 Å². The fourth-order valence-corrected chi connectivity index (χ4v) is 4.03. The maximum absolute atomic E-state index is 13.2. The molecular weight excluding hydrogens is 424 g/mol. The minimum absolute atomic E-state index is 0.161. The van der Waals surface area contributed by atoms with Crippen molar-refractivity contribution in [1.29, 1.82) is 0 Å². The summed E-state index contributed by atoms with van der Waals surface area (Å²) in [6.45, 7) is 1.96. The molecule has 7 heteroatoms. The van der Waals surface area contributed by atoms with Crippen LogP contribution in [0.5, 0.6) is 0 Å². The average Bonchev–Trinajstić information content (AvgIpc) is 2.77. The molecule has 1 unspecified atom stereocenters.